The second kappa shape index (κ2) is 6.14. The smallest absolute Gasteiger partial charge is 0.117 e. The zero-order valence-electron chi connectivity index (χ0n) is 11.2. The summed E-state index contributed by atoms with van der Waals surface area (Å²) in [6.45, 7) is 3.95. The van der Waals surface area contributed by atoms with Crippen molar-refractivity contribution >= 4 is 11.4 Å². The molecule has 19 heavy (non-hydrogen) atoms. The van der Waals surface area contributed by atoms with Gasteiger partial charge in [0.25, 0.3) is 0 Å². The standard InChI is InChI=1S/C16H20N2O/c1-2-18(15-4-3-5-16(19)12-15)11-10-13-6-8-14(17)9-7-13/h3-9,12,19H,2,10-11,17H2,1H3. The van der Waals surface area contributed by atoms with Crippen molar-refractivity contribution in [2.24, 2.45) is 0 Å². The number of aromatic hydroxyl groups is 1. The second-order valence-corrected chi connectivity index (χ2v) is 4.59. The molecule has 0 atom stereocenters. The van der Waals surface area contributed by atoms with Crippen LogP contribution in [0.3, 0.4) is 0 Å². The van der Waals surface area contributed by atoms with Gasteiger partial charge in [-0.05, 0) is 43.2 Å². The SMILES string of the molecule is CCN(CCc1ccc(N)cc1)c1cccc(O)c1. The van der Waals surface area contributed by atoms with E-state index in [1.807, 2.05) is 24.3 Å². The van der Waals surface area contributed by atoms with Gasteiger partial charge < -0.3 is 15.7 Å². The maximum atomic E-state index is 9.53. The van der Waals surface area contributed by atoms with Crippen molar-refractivity contribution in [2.45, 2.75) is 13.3 Å². The normalized spacial score (nSPS) is 10.4. The highest BCUT2D eigenvalue weighted by atomic mass is 16.3. The predicted molar refractivity (Wildman–Crippen MR) is 80.6 cm³/mol. The number of nitrogen functional groups attached to an aromatic ring is 1. The van der Waals surface area contributed by atoms with Crippen LogP contribution in [-0.4, -0.2) is 18.2 Å². The molecule has 3 nitrogen and oxygen atoms in total. The van der Waals surface area contributed by atoms with Gasteiger partial charge in [-0.15, -0.1) is 0 Å². The van der Waals surface area contributed by atoms with Gasteiger partial charge in [0.1, 0.15) is 5.75 Å². The first-order chi connectivity index (χ1) is 9.19. The van der Waals surface area contributed by atoms with Crippen molar-refractivity contribution in [3.05, 3.63) is 54.1 Å². The summed E-state index contributed by atoms with van der Waals surface area (Å²) in [4.78, 5) is 2.25. The van der Waals surface area contributed by atoms with Crippen LogP contribution >= 0.6 is 0 Å². The Morgan fingerprint density at radius 2 is 1.84 bits per heavy atom. The minimum atomic E-state index is 0.309. The first-order valence-corrected chi connectivity index (χ1v) is 6.57. The molecule has 0 bridgehead atoms. The fourth-order valence-corrected chi connectivity index (χ4v) is 2.11. The van der Waals surface area contributed by atoms with E-state index in [-0.39, 0.29) is 0 Å². The number of rotatable bonds is 5. The largest absolute Gasteiger partial charge is 0.508 e. The summed E-state index contributed by atoms with van der Waals surface area (Å²) >= 11 is 0. The van der Waals surface area contributed by atoms with E-state index in [9.17, 15) is 5.11 Å². The molecule has 0 amide bonds. The maximum absolute atomic E-state index is 9.53. The summed E-state index contributed by atoms with van der Waals surface area (Å²) in [5, 5.41) is 9.53. The van der Waals surface area contributed by atoms with Crippen LogP contribution in [0.4, 0.5) is 11.4 Å². The average molecular weight is 256 g/mol. The molecule has 0 radical (unpaired) electrons. The fraction of sp³-hybridized carbons (Fsp3) is 0.250. The Hall–Kier alpha value is -2.16. The zero-order chi connectivity index (χ0) is 13.7. The van der Waals surface area contributed by atoms with Gasteiger partial charge in [0.2, 0.25) is 0 Å². The van der Waals surface area contributed by atoms with Crippen LogP contribution in [0.1, 0.15) is 12.5 Å². The third-order valence-electron chi connectivity index (χ3n) is 3.23. The number of phenols is 1. The summed E-state index contributed by atoms with van der Waals surface area (Å²) < 4.78 is 0. The summed E-state index contributed by atoms with van der Waals surface area (Å²) in [7, 11) is 0. The maximum Gasteiger partial charge on any atom is 0.117 e. The molecule has 3 N–H and O–H groups in total. The van der Waals surface area contributed by atoms with Crippen LogP contribution < -0.4 is 10.6 Å². The van der Waals surface area contributed by atoms with Crippen molar-refractivity contribution < 1.29 is 5.11 Å². The minimum absolute atomic E-state index is 0.309. The first kappa shape index (κ1) is 13.3. The lowest BCUT2D eigenvalue weighted by atomic mass is 10.1. The predicted octanol–water partition coefficient (Wildman–Crippen LogP) is 3.04. The molecule has 0 heterocycles. The Balaban J connectivity index is 2.01. The molecule has 100 valence electrons. The van der Waals surface area contributed by atoms with Crippen LogP contribution in [0.15, 0.2) is 48.5 Å². The van der Waals surface area contributed by atoms with E-state index in [1.165, 1.54) is 5.56 Å². The van der Waals surface area contributed by atoms with Crippen LogP contribution in [0, 0.1) is 0 Å². The van der Waals surface area contributed by atoms with Crippen molar-refractivity contribution in [1.82, 2.24) is 0 Å². The van der Waals surface area contributed by atoms with E-state index < -0.39 is 0 Å². The van der Waals surface area contributed by atoms with E-state index in [2.05, 4.69) is 24.0 Å². The highest BCUT2D eigenvalue weighted by molar-refractivity contribution is 5.50. The summed E-state index contributed by atoms with van der Waals surface area (Å²) in [6, 6.07) is 15.4. The van der Waals surface area contributed by atoms with Gasteiger partial charge in [0, 0.05) is 30.5 Å². The van der Waals surface area contributed by atoms with Crippen molar-refractivity contribution in [3.63, 3.8) is 0 Å². The molecular weight excluding hydrogens is 236 g/mol. The van der Waals surface area contributed by atoms with Gasteiger partial charge in [-0.3, -0.25) is 0 Å². The Morgan fingerprint density at radius 3 is 2.47 bits per heavy atom. The fourth-order valence-electron chi connectivity index (χ4n) is 2.11. The van der Waals surface area contributed by atoms with E-state index >= 15 is 0 Å². The van der Waals surface area contributed by atoms with Gasteiger partial charge in [0.15, 0.2) is 0 Å². The summed E-state index contributed by atoms with van der Waals surface area (Å²) in [6.07, 6.45) is 0.962. The summed E-state index contributed by atoms with van der Waals surface area (Å²) in [5.41, 5.74) is 8.80. The molecular formula is C16H20N2O. The highest BCUT2D eigenvalue weighted by Gasteiger charge is 2.05. The monoisotopic (exact) mass is 256 g/mol. The lowest BCUT2D eigenvalue weighted by molar-refractivity contribution is 0.475. The molecule has 0 aliphatic rings. The molecule has 0 aliphatic carbocycles. The highest BCUT2D eigenvalue weighted by Crippen LogP contribution is 2.20. The molecule has 2 aromatic rings. The number of hydrogen-bond acceptors (Lipinski definition) is 3. The number of likely N-dealkylation sites (N-methyl/N-ethyl adjacent to an activating group) is 1. The molecule has 3 heteroatoms. The third kappa shape index (κ3) is 3.65. The Kier molecular flexibility index (Phi) is 4.29. The van der Waals surface area contributed by atoms with Gasteiger partial charge in [-0.25, -0.2) is 0 Å². The first-order valence-electron chi connectivity index (χ1n) is 6.57. The molecule has 0 aromatic heterocycles. The quantitative estimate of drug-likeness (QED) is 0.808. The topological polar surface area (TPSA) is 49.5 Å². The average Bonchev–Trinajstić information content (AvgIpc) is 2.42. The molecule has 0 saturated heterocycles. The lowest BCUT2D eigenvalue weighted by Crippen LogP contribution is -2.25. The zero-order valence-corrected chi connectivity index (χ0v) is 11.2. The Bertz CT molecular complexity index is 523. The van der Waals surface area contributed by atoms with Crippen LogP contribution in [0.2, 0.25) is 0 Å². The number of anilines is 2. The molecule has 0 unspecified atom stereocenters. The Labute approximate surface area is 114 Å². The van der Waals surface area contributed by atoms with Gasteiger partial charge in [-0.2, -0.15) is 0 Å². The molecule has 0 spiro atoms. The van der Waals surface area contributed by atoms with E-state index in [1.54, 1.807) is 12.1 Å². The molecule has 2 rings (SSSR count). The van der Waals surface area contributed by atoms with E-state index in [4.69, 9.17) is 5.73 Å². The molecule has 2 aromatic carbocycles. The number of nitrogens with two attached hydrogens (primary N) is 1. The summed E-state index contributed by atoms with van der Waals surface area (Å²) in [5.74, 6) is 0.309. The minimum Gasteiger partial charge on any atom is -0.508 e. The van der Waals surface area contributed by atoms with Crippen LogP contribution in [0.5, 0.6) is 5.75 Å². The number of phenolic OH excluding ortho intramolecular Hbond substituents is 1. The Morgan fingerprint density at radius 1 is 1.11 bits per heavy atom. The number of benzene rings is 2. The van der Waals surface area contributed by atoms with Crippen LogP contribution in [0.25, 0.3) is 0 Å². The molecule has 0 aliphatic heterocycles. The number of hydrogen-bond donors (Lipinski definition) is 2. The second-order valence-electron chi connectivity index (χ2n) is 4.59. The number of nitrogens with zero attached hydrogens (tertiary/aromatic N) is 1. The van der Waals surface area contributed by atoms with Crippen molar-refractivity contribution in [3.8, 4) is 5.75 Å². The third-order valence-corrected chi connectivity index (χ3v) is 3.23. The van der Waals surface area contributed by atoms with E-state index in [0.29, 0.717) is 5.75 Å². The van der Waals surface area contributed by atoms with Gasteiger partial charge in [0.05, 0.1) is 0 Å². The lowest BCUT2D eigenvalue weighted by Gasteiger charge is -2.23. The van der Waals surface area contributed by atoms with Gasteiger partial charge >= 0.3 is 0 Å². The molecule has 0 fully saturated rings. The molecule has 0 saturated carbocycles. The van der Waals surface area contributed by atoms with E-state index in [0.717, 1.165) is 30.9 Å². The van der Waals surface area contributed by atoms with Crippen molar-refractivity contribution in [2.75, 3.05) is 23.7 Å². The van der Waals surface area contributed by atoms with Gasteiger partial charge in [-0.1, -0.05) is 18.2 Å². The van der Waals surface area contributed by atoms with Crippen molar-refractivity contribution in [1.29, 1.82) is 0 Å². The van der Waals surface area contributed by atoms with Crippen LogP contribution in [-0.2, 0) is 6.42 Å².